The third-order valence-electron chi connectivity index (χ3n) is 1.75. The number of aromatic nitrogens is 2. The van der Waals surface area contributed by atoms with E-state index in [1.807, 2.05) is 0 Å². The monoisotopic (exact) mass is 222 g/mol. The molecule has 0 aliphatic rings. The fourth-order valence-corrected chi connectivity index (χ4v) is 1.18. The van der Waals surface area contributed by atoms with E-state index in [1.165, 1.54) is 6.92 Å². The second-order valence-corrected chi connectivity index (χ2v) is 2.90. The largest absolute Gasteiger partial charge is 0.481 e. The lowest BCUT2D eigenvalue weighted by atomic mass is 10.3. The van der Waals surface area contributed by atoms with E-state index in [-0.39, 0.29) is 12.2 Å². The van der Waals surface area contributed by atoms with E-state index in [0.29, 0.717) is 0 Å². The van der Waals surface area contributed by atoms with Crippen LogP contribution in [0.1, 0.15) is 18.3 Å². The van der Waals surface area contributed by atoms with Crippen LogP contribution in [0.15, 0.2) is 6.07 Å². The van der Waals surface area contributed by atoms with Crippen molar-refractivity contribution in [1.82, 2.24) is 9.78 Å². The van der Waals surface area contributed by atoms with Crippen molar-refractivity contribution in [3.63, 3.8) is 0 Å². The van der Waals surface area contributed by atoms with Gasteiger partial charge in [0.2, 0.25) is 0 Å². The standard InChI is InChI=1S/C8H9F3N2O2/c1-2-13-6(8(9,10)11)3-5(12-13)4-7(14)15/h3H,2,4H2,1H3,(H,14,15). The topological polar surface area (TPSA) is 55.1 Å². The second-order valence-electron chi connectivity index (χ2n) is 2.90. The first kappa shape index (κ1) is 11.5. The van der Waals surface area contributed by atoms with Gasteiger partial charge >= 0.3 is 12.1 Å². The first-order valence-corrected chi connectivity index (χ1v) is 4.20. The van der Waals surface area contributed by atoms with Crippen molar-refractivity contribution >= 4 is 5.97 Å². The molecule has 1 aromatic rings. The molecule has 0 amide bonds. The minimum absolute atomic E-state index is 0.0501. The van der Waals surface area contributed by atoms with Crippen molar-refractivity contribution in [1.29, 1.82) is 0 Å². The molecular weight excluding hydrogens is 213 g/mol. The molecule has 1 rings (SSSR count). The maximum Gasteiger partial charge on any atom is 0.433 e. The predicted molar refractivity (Wildman–Crippen MR) is 44.2 cm³/mol. The van der Waals surface area contributed by atoms with Crippen LogP contribution in [-0.2, 0) is 23.9 Å². The summed E-state index contributed by atoms with van der Waals surface area (Å²) in [6.07, 6.45) is -5.00. The summed E-state index contributed by atoms with van der Waals surface area (Å²) in [6.45, 7) is 1.56. The molecule has 0 atom stereocenters. The highest BCUT2D eigenvalue weighted by Crippen LogP contribution is 2.29. The number of rotatable bonds is 3. The number of aryl methyl sites for hydroxylation is 1. The van der Waals surface area contributed by atoms with Gasteiger partial charge in [0.05, 0.1) is 12.1 Å². The number of aliphatic carboxylic acids is 1. The number of hydrogen-bond acceptors (Lipinski definition) is 2. The van der Waals surface area contributed by atoms with E-state index in [0.717, 1.165) is 10.7 Å². The summed E-state index contributed by atoms with van der Waals surface area (Å²) in [5.74, 6) is -1.20. The average Bonchev–Trinajstić information content (AvgIpc) is 2.45. The number of alkyl halides is 3. The first-order valence-electron chi connectivity index (χ1n) is 4.20. The highest BCUT2D eigenvalue weighted by atomic mass is 19.4. The van der Waals surface area contributed by atoms with Gasteiger partial charge in [-0.1, -0.05) is 0 Å². The van der Waals surface area contributed by atoms with Crippen LogP contribution in [0.25, 0.3) is 0 Å². The van der Waals surface area contributed by atoms with Crippen LogP contribution < -0.4 is 0 Å². The Kier molecular flexibility index (Phi) is 3.01. The van der Waals surface area contributed by atoms with Crippen molar-refractivity contribution in [3.8, 4) is 0 Å². The minimum atomic E-state index is -4.50. The van der Waals surface area contributed by atoms with Gasteiger partial charge in [-0.25, -0.2) is 0 Å². The Bertz CT molecular complexity index is 370. The minimum Gasteiger partial charge on any atom is -0.481 e. The van der Waals surface area contributed by atoms with Crippen LogP contribution in [0.4, 0.5) is 13.2 Å². The van der Waals surface area contributed by atoms with Crippen LogP contribution in [0.3, 0.4) is 0 Å². The third kappa shape index (κ3) is 2.71. The molecule has 84 valence electrons. The van der Waals surface area contributed by atoms with Gasteiger partial charge in [0.15, 0.2) is 0 Å². The molecule has 0 spiro atoms. The van der Waals surface area contributed by atoms with E-state index in [9.17, 15) is 18.0 Å². The maximum absolute atomic E-state index is 12.4. The smallest absolute Gasteiger partial charge is 0.433 e. The molecule has 0 aromatic carbocycles. The molecule has 1 heterocycles. The highest BCUT2D eigenvalue weighted by Gasteiger charge is 2.35. The molecule has 0 unspecified atom stereocenters. The Labute approximate surface area is 83.3 Å². The van der Waals surface area contributed by atoms with E-state index in [1.54, 1.807) is 0 Å². The Morgan fingerprint density at radius 3 is 2.53 bits per heavy atom. The Balaban J connectivity index is 3.06. The van der Waals surface area contributed by atoms with Crippen molar-refractivity contribution in [2.45, 2.75) is 26.1 Å². The molecule has 1 N–H and O–H groups in total. The van der Waals surface area contributed by atoms with Crippen molar-refractivity contribution in [2.75, 3.05) is 0 Å². The second kappa shape index (κ2) is 3.92. The number of carbonyl (C=O) groups is 1. The van der Waals surface area contributed by atoms with Gasteiger partial charge < -0.3 is 5.11 Å². The molecule has 15 heavy (non-hydrogen) atoms. The Morgan fingerprint density at radius 1 is 1.60 bits per heavy atom. The summed E-state index contributed by atoms with van der Waals surface area (Å²) in [6, 6.07) is 0.762. The number of carboxylic acids is 1. The van der Waals surface area contributed by atoms with Crippen molar-refractivity contribution < 1.29 is 23.1 Å². The first-order chi connectivity index (χ1) is 6.84. The molecule has 0 saturated carbocycles. The van der Waals surface area contributed by atoms with Crippen molar-refractivity contribution in [3.05, 3.63) is 17.5 Å². The van der Waals surface area contributed by atoms with Crippen LogP contribution in [0.5, 0.6) is 0 Å². The lowest BCUT2D eigenvalue weighted by molar-refractivity contribution is -0.144. The summed E-state index contributed by atoms with van der Waals surface area (Å²) in [5, 5.41) is 12.0. The zero-order chi connectivity index (χ0) is 11.6. The lowest BCUT2D eigenvalue weighted by Crippen LogP contribution is -2.13. The van der Waals surface area contributed by atoms with E-state index in [4.69, 9.17) is 5.11 Å². The fraction of sp³-hybridized carbons (Fsp3) is 0.500. The highest BCUT2D eigenvalue weighted by molar-refractivity contribution is 5.69. The molecular formula is C8H9F3N2O2. The van der Waals surface area contributed by atoms with E-state index < -0.39 is 24.3 Å². The maximum atomic E-state index is 12.4. The van der Waals surface area contributed by atoms with Gasteiger partial charge in [-0.15, -0.1) is 0 Å². The quantitative estimate of drug-likeness (QED) is 0.844. The number of hydrogen-bond donors (Lipinski definition) is 1. The van der Waals surface area contributed by atoms with Gasteiger partial charge in [-0.2, -0.15) is 18.3 Å². The summed E-state index contributed by atoms with van der Waals surface area (Å²) < 4.78 is 37.9. The van der Waals surface area contributed by atoms with Crippen LogP contribution in [0.2, 0.25) is 0 Å². The zero-order valence-corrected chi connectivity index (χ0v) is 7.88. The molecule has 0 radical (unpaired) electrons. The zero-order valence-electron chi connectivity index (χ0n) is 7.88. The normalized spacial score (nSPS) is 11.7. The van der Waals surface area contributed by atoms with E-state index in [2.05, 4.69) is 5.10 Å². The summed E-state index contributed by atoms with van der Waals surface area (Å²) >= 11 is 0. The molecule has 1 aromatic heterocycles. The van der Waals surface area contributed by atoms with Crippen LogP contribution >= 0.6 is 0 Å². The molecule has 4 nitrogen and oxygen atoms in total. The van der Waals surface area contributed by atoms with Gasteiger partial charge in [0.1, 0.15) is 5.69 Å². The molecule has 0 aliphatic carbocycles. The number of carboxylic acid groups (broad SMARTS) is 1. The number of nitrogens with zero attached hydrogens (tertiary/aromatic N) is 2. The van der Waals surface area contributed by atoms with Crippen LogP contribution in [0, 0.1) is 0 Å². The van der Waals surface area contributed by atoms with Crippen molar-refractivity contribution in [2.24, 2.45) is 0 Å². The van der Waals surface area contributed by atoms with E-state index >= 15 is 0 Å². The molecule has 7 heteroatoms. The Morgan fingerprint density at radius 2 is 2.20 bits per heavy atom. The van der Waals surface area contributed by atoms with Crippen LogP contribution in [-0.4, -0.2) is 20.9 Å². The lowest BCUT2D eigenvalue weighted by Gasteiger charge is -2.07. The van der Waals surface area contributed by atoms with Gasteiger partial charge in [0, 0.05) is 6.54 Å². The SMILES string of the molecule is CCn1nc(CC(=O)O)cc1C(F)(F)F. The van der Waals surface area contributed by atoms with Gasteiger partial charge in [-0.05, 0) is 13.0 Å². The summed E-state index contributed by atoms with van der Waals surface area (Å²) in [5.41, 5.74) is -1.00. The fourth-order valence-electron chi connectivity index (χ4n) is 1.18. The Hall–Kier alpha value is -1.53. The van der Waals surface area contributed by atoms with Gasteiger partial charge in [0.25, 0.3) is 0 Å². The average molecular weight is 222 g/mol. The molecule has 0 bridgehead atoms. The van der Waals surface area contributed by atoms with Gasteiger partial charge in [-0.3, -0.25) is 9.48 Å². The number of halogens is 3. The molecule has 0 fully saturated rings. The molecule has 0 aliphatic heterocycles. The summed E-state index contributed by atoms with van der Waals surface area (Å²) in [4.78, 5) is 10.3. The molecule has 0 saturated heterocycles. The predicted octanol–water partition coefficient (Wildman–Crippen LogP) is 1.55. The summed E-state index contributed by atoms with van der Waals surface area (Å²) in [7, 11) is 0. The third-order valence-corrected chi connectivity index (χ3v) is 1.75.